The third-order valence-electron chi connectivity index (χ3n) is 4.99. The summed E-state index contributed by atoms with van der Waals surface area (Å²) in [4.78, 5) is 30.1. The Balaban J connectivity index is 1.56. The number of aromatic nitrogens is 1. The number of nitrogens with zero attached hydrogens (tertiary/aromatic N) is 1. The van der Waals surface area contributed by atoms with Crippen LogP contribution in [-0.4, -0.2) is 36.3 Å². The Hall–Kier alpha value is -3.04. The molecule has 34 heavy (non-hydrogen) atoms. The van der Waals surface area contributed by atoms with Gasteiger partial charge in [0.1, 0.15) is 0 Å². The molecule has 3 aromatic rings. The molecule has 1 heterocycles. The summed E-state index contributed by atoms with van der Waals surface area (Å²) in [5, 5.41) is 7.89. The normalized spacial score (nSPS) is 11.5. The second kappa shape index (κ2) is 12.4. The molecular weight excluding hydrogens is 470 g/mol. The van der Waals surface area contributed by atoms with Crippen molar-refractivity contribution < 1.29 is 19.1 Å². The van der Waals surface area contributed by atoms with Gasteiger partial charge < -0.3 is 20.1 Å². The zero-order valence-electron chi connectivity index (χ0n) is 19.7. The third kappa shape index (κ3) is 6.98. The molecule has 0 spiro atoms. The highest BCUT2D eigenvalue weighted by molar-refractivity contribution is 8.00. The maximum absolute atomic E-state index is 12.7. The molecule has 2 amide bonds. The van der Waals surface area contributed by atoms with Gasteiger partial charge in [-0.15, -0.1) is 23.1 Å². The number of amides is 2. The van der Waals surface area contributed by atoms with Gasteiger partial charge in [0.05, 0.1) is 25.2 Å². The number of methoxy groups -OCH3 is 2. The van der Waals surface area contributed by atoms with Crippen molar-refractivity contribution in [3.05, 3.63) is 47.8 Å². The molecule has 0 aliphatic rings. The van der Waals surface area contributed by atoms with Crippen molar-refractivity contribution in [3.63, 3.8) is 0 Å². The van der Waals surface area contributed by atoms with E-state index in [4.69, 9.17) is 9.47 Å². The quantitative estimate of drug-likeness (QED) is 0.311. The van der Waals surface area contributed by atoms with E-state index in [1.807, 2.05) is 54.8 Å². The van der Waals surface area contributed by atoms with Gasteiger partial charge in [0, 0.05) is 27.9 Å². The molecule has 0 radical (unpaired) electrons. The summed E-state index contributed by atoms with van der Waals surface area (Å²) in [7, 11) is 3.18. The highest BCUT2D eigenvalue weighted by Gasteiger charge is 2.17. The SMILES string of the molecule is CCCCC(=O)Nc1ccc(SC(C)C(=O)Nc2nc(-c3ccc(OC)c(OC)c3)cs2)cc1. The average Bonchev–Trinajstić information content (AvgIpc) is 3.31. The first kappa shape index (κ1) is 25.6. The van der Waals surface area contributed by atoms with E-state index in [9.17, 15) is 9.59 Å². The van der Waals surface area contributed by atoms with Crippen LogP contribution in [0, 0.1) is 0 Å². The van der Waals surface area contributed by atoms with Crippen molar-refractivity contribution in [3.8, 4) is 22.8 Å². The Morgan fingerprint density at radius 2 is 1.79 bits per heavy atom. The summed E-state index contributed by atoms with van der Waals surface area (Å²) in [5.41, 5.74) is 2.38. The molecule has 7 nitrogen and oxygen atoms in total. The number of benzene rings is 2. The van der Waals surface area contributed by atoms with Crippen molar-refractivity contribution in [1.29, 1.82) is 0 Å². The fourth-order valence-corrected chi connectivity index (χ4v) is 4.69. The van der Waals surface area contributed by atoms with Gasteiger partial charge in [0.15, 0.2) is 16.6 Å². The summed E-state index contributed by atoms with van der Waals surface area (Å²) in [6.07, 6.45) is 2.39. The maximum Gasteiger partial charge on any atom is 0.239 e. The number of ether oxygens (including phenoxy) is 2. The van der Waals surface area contributed by atoms with Gasteiger partial charge in [-0.2, -0.15) is 0 Å². The lowest BCUT2D eigenvalue weighted by Crippen LogP contribution is -2.22. The van der Waals surface area contributed by atoms with Gasteiger partial charge >= 0.3 is 0 Å². The largest absolute Gasteiger partial charge is 0.493 e. The number of hydrogen-bond donors (Lipinski definition) is 2. The minimum Gasteiger partial charge on any atom is -0.493 e. The van der Waals surface area contributed by atoms with E-state index in [0.29, 0.717) is 23.1 Å². The molecule has 1 atom stereocenters. The van der Waals surface area contributed by atoms with Crippen LogP contribution >= 0.6 is 23.1 Å². The third-order valence-corrected chi connectivity index (χ3v) is 6.86. The van der Waals surface area contributed by atoms with Crippen LogP contribution in [0.1, 0.15) is 33.1 Å². The molecule has 0 bridgehead atoms. The Bertz CT molecular complexity index is 1120. The molecule has 0 saturated carbocycles. The van der Waals surface area contributed by atoms with Crippen molar-refractivity contribution in [2.75, 3.05) is 24.9 Å². The second-order valence-electron chi connectivity index (χ2n) is 7.53. The molecule has 2 N–H and O–H groups in total. The lowest BCUT2D eigenvalue weighted by molar-refractivity contribution is -0.116. The molecule has 3 rings (SSSR count). The Morgan fingerprint density at radius 1 is 1.06 bits per heavy atom. The minimum atomic E-state index is -0.321. The summed E-state index contributed by atoms with van der Waals surface area (Å²) in [6, 6.07) is 13.1. The van der Waals surface area contributed by atoms with Crippen LogP contribution in [0.25, 0.3) is 11.3 Å². The van der Waals surface area contributed by atoms with Gasteiger partial charge in [-0.3, -0.25) is 9.59 Å². The molecule has 9 heteroatoms. The topological polar surface area (TPSA) is 89.6 Å². The van der Waals surface area contributed by atoms with E-state index < -0.39 is 0 Å². The highest BCUT2D eigenvalue weighted by atomic mass is 32.2. The van der Waals surface area contributed by atoms with Crippen LogP contribution in [0.3, 0.4) is 0 Å². The van der Waals surface area contributed by atoms with Crippen molar-refractivity contribution in [2.45, 2.75) is 43.3 Å². The Morgan fingerprint density at radius 3 is 2.47 bits per heavy atom. The lowest BCUT2D eigenvalue weighted by atomic mass is 10.1. The minimum absolute atomic E-state index is 0.0194. The lowest BCUT2D eigenvalue weighted by Gasteiger charge is -2.11. The van der Waals surface area contributed by atoms with Crippen LogP contribution in [0.15, 0.2) is 52.7 Å². The number of anilines is 2. The van der Waals surface area contributed by atoms with E-state index in [-0.39, 0.29) is 17.1 Å². The second-order valence-corrected chi connectivity index (χ2v) is 9.81. The first-order valence-electron chi connectivity index (χ1n) is 11.0. The number of hydrogen-bond acceptors (Lipinski definition) is 7. The number of unbranched alkanes of at least 4 members (excludes halogenated alkanes) is 1. The highest BCUT2D eigenvalue weighted by Crippen LogP contribution is 2.34. The summed E-state index contributed by atoms with van der Waals surface area (Å²) in [5.74, 6) is 1.16. The van der Waals surface area contributed by atoms with Gasteiger partial charge in [0.25, 0.3) is 0 Å². The summed E-state index contributed by atoms with van der Waals surface area (Å²) in [6.45, 7) is 3.91. The summed E-state index contributed by atoms with van der Waals surface area (Å²) >= 11 is 2.81. The van der Waals surface area contributed by atoms with Crippen LogP contribution in [-0.2, 0) is 9.59 Å². The molecule has 0 aliphatic carbocycles. The van der Waals surface area contributed by atoms with E-state index in [2.05, 4.69) is 22.5 Å². The molecule has 1 unspecified atom stereocenters. The number of rotatable bonds is 11. The van der Waals surface area contributed by atoms with Crippen LogP contribution in [0.4, 0.5) is 10.8 Å². The first-order valence-corrected chi connectivity index (χ1v) is 12.7. The molecule has 180 valence electrons. The Labute approximate surface area is 208 Å². The molecule has 0 fully saturated rings. The fraction of sp³-hybridized carbons (Fsp3) is 0.320. The summed E-state index contributed by atoms with van der Waals surface area (Å²) < 4.78 is 10.6. The maximum atomic E-state index is 12.7. The van der Waals surface area contributed by atoms with Crippen molar-refractivity contribution >= 4 is 45.7 Å². The van der Waals surface area contributed by atoms with Gasteiger partial charge in [-0.05, 0) is 55.8 Å². The Kier molecular flexibility index (Phi) is 9.35. The number of thioether (sulfide) groups is 1. The fourth-order valence-electron chi connectivity index (χ4n) is 3.10. The standard InChI is InChI=1S/C25H29N3O4S2/c1-5-6-7-23(29)26-18-9-11-19(12-10-18)34-16(2)24(30)28-25-27-20(15-33-25)17-8-13-21(31-3)22(14-17)32-4/h8-16H,5-7H2,1-4H3,(H,26,29)(H,27,28,30). The average molecular weight is 500 g/mol. The predicted octanol–water partition coefficient (Wildman–Crippen LogP) is 6.08. The monoisotopic (exact) mass is 499 g/mol. The van der Waals surface area contributed by atoms with Crippen LogP contribution in [0.5, 0.6) is 11.5 Å². The van der Waals surface area contributed by atoms with Crippen molar-refractivity contribution in [2.24, 2.45) is 0 Å². The van der Waals surface area contributed by atoms with Gasteiger partial charge in [0.2, 0.25) is 11.8 Å². The predicted molar refractivity (Wildman–Crippen MR) is 139 cm³/mol. The molecule has 0 aliphatic heterocycles. The van der Waals surface area contributed by atoms with E-state index in [0.717, 1.165) is 34.7 Å². The van der Waals surface area contributed by atoms with E-state index >= 15 is 0 Å². The van der Waals surface area contributed by atoms with E-state index in [1.165, 1.54) is 23.1 Å². The van der Waals surface area contributed by atoms with Crippen LogP contribution in [0.2, 0.25) is 0 Å². The van der Waals surface area contributed by atoms with E-state index in [1.54, 1.807) is 14.2 Å². The number of nitrogens with one attached hydrogen (secondary N) is 2. The number of thiazole rings is 1. The van der Waals surface area contributed by atoms with Gasteiger partial charge in [-0.25, -0.2) is 4.98 Å². The molecule has 2 aromatic carbocycles. The number of carbonyl (C=O) groups excluding carboxylic acids is 2. The first-order chi connectivity index (χ1) is 16.4. The van der Waals surface area contributed by atoms with Crippen LogP contribution < -0.4 is 20.1 Å². The molecular formula is C25H29N3O4S2. The zero-order valence-corrected chi connectivity index (χ0v) is 21.3. The molecule has 1 aromatic heterocycles. The zero-order chi connectivity index (χ0) is 24.5. The number of carbonyl (C=O) groups is 2. The van der Waals surface area contributed by atoms with Crippen molar-refractivity contribution in [1.82, 2.24) is 4.98 Å². The molecule has 0 saturated heterocycles. The van der Waals surface area contributed by atoms with Gasteiger partial charge in [-0.1, -0.05) is 13.3 Å². The smallest absolute Gasteiger partial charge is 0.239 e.